The lowest BCUT2D eigenvalue weighted by Crippen LogP contribution is -2.48. The Morgan fingerprint density at radius 1 is 0.778 bits per heavy atom. The predicted octanol–water partition coefficient (Wildman–Crippen LogP) is 1.53. The predicted molar refractivity (Wildman–Crippen MR) is 143 cm³/mol. The molecule has 0 aromatic heterocycles. The number of hydrogen-bond donors (Lipinski definition) is 6. The van der Waals surface area contributed by atoms with Crippen LogP contribution in [0.25, 0.3) is 0 Å². The fraction of sp³-hybridized carbons (Fsp3) is 0.880. The number of carbonyl (C=O) groups is 3. The van der Waals surface area contributed by atoms with E-state index in [0.29, 0.717) is 26.1 Å². The second kappa shape index (κ2) is 24.7. The van der Waals surface area contributed by atoms with Crippen molar-refractivity contribution in [2.24, 2.45) is 17.2 Å². The molecule has 0 heterocycles. The molecular weight excluding hydrogens is 464 g/mol. The molecule has 0 radical (unpaired) electrons. The molecule has 1 atom stereocenters. The molecule has 36 heavy (non-hydrogen) atoms. The lowest BCUT2D eigenvalue weighted by molar-refractivity contribution is -0.135. The summed E-state index contributed by atoms with van der Waals surface area (Å²) < 4.78 is 4.67. The normalized spacial score (nSPS) is 11.8. The van der Waals surface area contributed by atoms with Crippen LogP contribution >= 0.6 is 0 Å². The number of nitrogens with two attached hydrogens (primary N) is 3. The molecule has 9 N–H and O–H groups in total. The highest BCUT2D eigenvalue weighted by molar-refractivity contribution is 5.85. The van der Waals surface area contributed by atoms with Gasteiger partial charge in [-0.2, -0.15) is 0 Å². The Kier molecular flexibility index (Phi) is 23.4. The highest BCUT2D eigenvalue weighted by Crippen LogP contribution is 2.06. The van der Waals surface area contributed by atoms with Gasteiger partial charge in [-0.25, -0.2) is 4.79 Å². The summed E-state index contributed by atoms with van der Waals surface area (Å²) in [4.78, 5) is 38.0. The van der Waals surface area contributed by atoms with E-state index in [1.807, 2.05) is 0 Å². The highest BCUT2D eigenvalue weighted by atomic mass is 16.7. The molecule has 0 saturated heterocycles. The topological polar surface area (TPSA) is 186 Å². The molecule has 0 aromatic rings. The molecule has 0 aromatic carbocycles. The number of rotatable bonds is 25. The van der Waals surface area contributed by atoms with E-state index in [2.05, 4.69) is 15.4 Å². The first-order chi connectivity index (χ1) is 17.4. The number of ether oxygens (including phenoxy) is 1. The smallest absolute Gasteiger partial charge is 0.450 e. The van der Waals surface area contributed by atoms with Crippen molar-refractivity contribution in [3.63, 3.8) is 0 Å². The summed E-state index contributed by atoms with van der Waals surface area (Å²) in [5.74, 6) is -0.435. The van der Waals surface area contributed by atoms with E-state index < -0.39 is 12.2 Å². The van der Waals surface area contributed by atoms with Crippen molar-refractivity contribution in [2.45, 2.75) is 89.5 Å². The lowest BCUT2D eigenvalue weighted by atomic mass is 10.1. The number of carbonyl (C=O) groups excluding carboxylic acids is 2. The largest absolute Gasteiger partial charge is 0.505 e. The van der Waals surface area contributed by atoms with Gasteiger partial charge in [-0.15, -0.1) is 0 Å². The Bertz CT molecular complexity index is 567. The van der Waals surface area contributed by atoms with Gasteiger partial charge < -0.3 is 42.6 Å². The van der Waals surface area contributed by atoms with E-state index in [0.717, 1.165) is 90.1 Å². The molecule has 0 aliphatic carbocycles. The Labute approximate surface area is 217 Å². The van der Waals surface area contributed by atoms with Gasteiger partial charge in [-0.1, -0.05) is 44.9 Å². The van der Waals surface area contributed by atoms with Crippen molar-refractivity contribution < 1.29 is 24.2 Å². The third-order valence-corrected chi connectivity index (χ3v) is 5.93. The van der Waals surface area contributed by atoms with Crippen molar-refractivity contribution in [1.82, 2.24) is 15.5 Å². The minimum atomic E-state index is -1.38. The Hall–Kier alpha value is -1.95. The zero-order chi connectivity index (χ0) is 26.9. The maximum absolute atomic E-state index is 12.9. The maximum atomic E-state index is 12.9. The quantitative estimate of drug-likeness (QED) is 0.0772. The van der Waals surface area contributed by atoms with E-state index in [1.54, 1.807) is 4.90 Å². The highest BCUT2D eigenvalue weighted by Gasteiger charge is 2.20. The first-order valence-corrected chi connectivity index (χ1v) is 13.7. The summed E-state index contributed by atoms with van der Waals surface area (Å²) >= 11 is 0. The molecule has 212 valence electrons. The van der Waals surface area contributed by atoms with E-state index in [4.69, 9.17) is 22.3 Å². The Morgan fingerprint density at radius 2 is 1.33 bits per heavy atom. The minimum Gasteiger partial charge on any atom is -0.450 e. The molecule has 0 rings (SSSR count). The second-order valence-corrected chi connectivity index (χ2v) is 9.23. The van der Waals surface area contributed by atoms with Crippen molar-refractivity contribution in [2.75, 3.05) is 52.4 Å². The molecule has 0 saturated carbocycles. The summed E-state index contributed by atoms with van der Waals surface area (Å²) in [6.45, 7) is 3.17. The number of nitrogens with one attached hydrogen (secondary N) is 2. The van der Waals surface area contributed by atoms with Crippen LogP contribution in [0.4, 0.5) is 4.79 Å². The SMILES string of the molecule is NCCCCCCCNCC(=O)N(CCCCCCCN)CC(=O)N[C@@H](CCCCN)COC(=O)O. The molecule has 0 aliphatic heterocycles. The Balaban J connectivity index is 4.71. The molecule has 11 nitrogen and oxygen atoms in total. The van der Waals surface area contributed by atoms with Crippen LogP contribution in [0.1, 0.15) is 83.5 Å². The van der Waals surface area contributed by atoms with Gasteiger partial charge >= 0.3 is 6.16 Å². The molecule has 0 aliphatic rings. The minimum absolute atomic E-state index is 0.0666. The molecule has 0 bridgehead atoms. The third-order valence-electron chi connectivity index (χ3n) is 5.93. The fourth-order valence-corrected chi connectivity index (χ4v) is 3.85. The average molecular weight is 517 g/mol. The summed E-state index contributed by atoms with van der Waals surface area (Å²) in [5, 5.41) is 14.8. The summed E-state index contributed by atoms with van der Waals surface area (Å²) in [6, 6.07) is -0.453. The molecule has 0 fully saturated rings. The van der Waals surface area contributed by atoms with Gasteiger partial charge in [-0.05, 0) is 64.7 Å². The fourth-order valence-electron chi connectivity index (χ4n) is 3.85. The summed E-state index contributed by atoms with van der Waals surface area (Å²) in [7, 11) is 0. The van der Waals surface area contributed by atoms with Crippen LogP contribution < -0.4 is 27.8 Å². The van der Waals surface area contributed by atoms with Crippen LogP contribution in [-0.2, 0) is 14.3 Å². The van der Waals surface area contributed by atoms with E-state index in [-0.39, 0.29) is 31.5 Å². The van der Waals surface area contributed by atoms with Crippen molar-refractivity contribution in [1.29, 1.82) is 0 Å². The third kappa shape index (κ3) is 21.3. The molecular formula is C25H52N6O5. The zero-order valence-corrected chi connectivity index (χ0v) is 22.2. The van der Waals surface area contributed by atoms with E-state index >= 15 is 0 Å². The van der Waals surface area contributed by atoms with E-state index in [1.165, 1.54) is 0 Å². The van der Waals surface area contributed by atoms with Crippen LogP contribution in [0, 0.1) is 0 Å². The van der Waals surface area contributed by atoms with E-state index in [9.17, 15) is 14.4 Å². The first-order valence-electron chi connectivity index (χ1n) is 13.7. The molecule has 0 spiro atoms. The summed E-state index contributed by atoms with van der Waals surface area (Å²) in [5.41, 5.74) is 16.6. The van der Waals surface area contributed by atoms with Gasteiger partial charge in [0.2, 0.25) is 11.8 Å². The zero-order valence-electron chi connectivity index (χ0n) is 22.2. The van der Waals surface area contributed by atoms with Gasteiger partial charge in [0.05, 0.1) is 19.1 Å². The maximum Gasteiger partial charge on any atom is 0.505 e. The standard InChI is InChI=1S/C25H52N6O5/c26-14-8-3-1-5-11-17-29-19-24(33)31(18-12-6-2-4-9-15-27)20-23(32)30-22(13-7-10-16-28)21-36-25(34)35/h22,29H,1-21,26-28H2,(H,30,32)(H,34,35)/t22-/m0/s1. The van der Waals surface area contributed by atoms with Gasteiger partial charge in [0.25, 0.3) is 0 Å². The van der Waals surface area contributed by atoms with Crippen LogP contribution in [0.5, 0.6) is 0 Å². The van der Waals surface area contributed by atoms with Crippen LogP contribution in [0.2, 0.25) is 0 Å². The molecule has 2 amide bonds. The van der Waals surface area contributed by atoms with Crippen LogP contribution in [0.15, 0.2) is 0 Å². The number of nitrogens with zero attached hydrogens (tertiary/aromatic N) is 1. The number of amides is 2. The Morgan fingerprint density at radius 3 is 1.94 bits per heavy atom. The van der Waals surface area contributed by atoms with Gasteiger partial charge in [0.1, 0.15) is 6.61 Å². The van der Waals surface area contributed by atoms with Crippen LogP contribution in [-0.4, -0.2) is 86.4 Å². The monoisotopic (exact) mass is 516 g/mol. The molecule has 0 unspecified atom stereocenters. The second-order valence-electron chi connectivity index (χ2n) is 9.23. The lowest BCUT2D eigenvalue weighted by Gasteiger charge is -2.24. The van der Waals surface area contributed by atoms with Crippen LogP contribution in [0.3, 0.4) is 0 Å². The first kappa shape index (κ1) is 34.0. The number of carboxylic acid groups (broad SMARTS) is 1. The van der Waals surface area contributed by atoms with Gasteiger partial charge in [0.15, 0.2) is 0 Å². The van der Waals surface area contributed by atoms with Crippen molar-refractivity contribution >= 4 is 18.0 Å². The van der Waals surface area contributed by atoms with Gasteiger partial charge in [0, 0.05) is 6.54 Å². The van der Waals surface area contributed by atoms with Crippen molar-refractivity contribution in [3.05, 3.63) is 0 Å². The van der Waals surface area contributed by atoms with Gasteiger partial charge in [-0.3, -0.25) is 9.59 Å². The van der Waals surface area contributed by atoms with Crippen molar-refractivity contribution in [3.8, 4) is 0 Å². The average Bonchev–Trinajstić information content (AvgIpc) is 2.85. The number of unbranched alkanes of at least 4 members (excludes halogenated alkanes) is 9. The number of hydrogen-bond acceptors (Lipinski definition) is 8. The summed E-state index contributed by atoms with van der Waals surface area (Å²) in [6.07, 6.45) is 11.0. The molecule has 11 heteroatoms.